The molecule has 1 aromatic rings. The molecule has 8 heteroatoms. The van der Waals surface area contributed by atoms with Crippen LogP contribution in [0.15, 0.2) is 23.3 Å². The molecule has 1 aromatic carbocycles. The topological polar surface area (TPSA) is 111 Å². The van der Waals surface area contributed by atoms with Crippen LogP contribution < -0.4 is 5.43 Å². The molecular weight excluding hydrogens is 312 g/mol. The third-order valence-corrected chi connectivity index (χ3v) is 5.02. The monoisotopic (exact) mass is 332 g/mol. The minimum Gasteiger partial charge on any atom is -0.272 e. The molecule has 0 aromatic heterocycles. The largest absolute Gasteiger partial charge is 0.301 e. The van der Waals surface area contributed by atoms with Crippen molar-refractivity contribution in [2.45, 2.75) is 44.9 Å². The number of nitrogens with one attached hydrogen (secondary N) is 1. The highest BCUT2D eigenvalue weighted by Gasteiger charge is 2.29. The highest BCUT2D eigenvalue weighted by atomic mass is 16.6. The molecule has 4 rings (SSSR count). The van der Waals surface area contributed by atoms with Crippen molar-refractivity contribution in [1.82, 2.24) is 0 Å². The Bertz CT molecular complexity index is 685. The van der Waals surface area contributed by atoms with Gasteiger partial charge in [-0.3, -0.25) is 25.7 Å². The number of nitro groups is 2. The molecule has 0 aliphatic heterocycles. The van der Waals surface area contributed by atoms with Crippen LogP contribution in [-0.4, -0.2) is 15.6 Å². The zero-order valence-electron chi connectivity index (χ0n) is 13.3. The van der Waals surface area contributed by atoms with E-state index in [1.165, 1.54) is 37.8 Å². The maximum atomic E-state index is 11.2. The standard InChI is InChI=1S/C16H20N4O4/c21-19(22)13-7-8-14(16(10-13)20(23)24)17-18-15-9-11-3-1-2-4-12(15)6-5-11/h7-8,10-12,17H,1-6,9H2/b18-15-/t11-,12-/m1/s1. The average molecular weight is 332 g/mol. The minimum absolute atomic E-state index is 0.191. The Balaban J connectivity index is 1.82. The number of nitro benzene ring substituents is 2. The van der Waals surface area contributed by atoms with Crippen LogP contribution in [0, 0.1) is 32.1 Å². The van der Waals surface area contributed by atoms with Gasteiger partial charge in [-0.15, -0.1) is 0 Å². The first-order chi connectivity index (χ1) is 11.5. The van der Waals surface area contributed by atoms with Crippen molar-refractivity contribution in [1.29, 1.82) is 0 Å². The molecule has 24 heavy (non-hydrogen) atoms. The summed E-state index contributed by atoms with van der Waals surface area (Å²) in [6.07, 6.45) is 8.14. The normalized spacial score (nSPS) is 25.1. The summed E-state index contributed by atoms with van der Waals surface area (Å²) in [6.45, 7) is 0. The van der Waals surface area contributed by atoms with E-state index in [1.54, 1.807) is 0 Å². The fraction of sp³-hybridized carbons (Fsp3) is 0.562. The van der Waals surface area contributed by atoms with E-state index in [2.05, 4.69) is 10.5 Å². The molecule has 0 radical (unpaired) electrons. The van der Waals surface area contributed by atoms with Gasteiger partial charge in [0.25, 0.3) is 5.69 Å². The predicted octanol–water partition coefficient (Wildman–Crippen LogP) is 4.26. The van der Waals surface area contributed by atoms with Gasteiger partial charge in [-0.1, -0.05) is 19.3 Å². The fourth-order valence-corrected chi connectivity index (χ4v) is 3.70. The van der Waals surface area contributed by atoms with Crippen LogP contribution in [0.2, 0.25) is 0 Å². The van der Waals surface area contributed by atoms with Gasteiger partial charge in [0.15, 0.2) is 0 Å². The van der Waals surface area contributed by atoms with Crippen LogP contribution in [0.3, 0.4) is 0 Å². The third-order valence-electron chi connectivity index (χ3n) is 5.02. The summed E-state index contributed by atoms with van der Waals surface area (Å²) in [5.41, 5.74) is 3.43. The Hall–Kier alpha value is -2.51. The fourth-order valence-electron chi connectivity index (χ4n) is 3.70. The van der Waals surface area contributed by atoms with Crippen LogP contribution in [0.25, 0.3) is 0 Å². The third kappa shape index (κ3) is 3.52. The lowest BCUT2D eigenvalue weighted by molar-refractivity contribution is -0.393. The Labute approximate surface area is 139 Å². The van der Waals surface area contributed by atoms with Crippen molar-refractivity contribution in [3.05, 3.63) is 38.4 Å². The summed E-state index contributed by atoms with van der Waals surface area (Å²) in [5.74, 6) is 1.11. The highest BCUT2D eigenvalue weighted by molar-refractivity contribution is 5.88. The van der Waals surface area contributed by atoms with Crippen molar-refractivity contribution < 1.29 is 9.85 Å². The lowest BCUT2D eigenvalue weighted by atomic mass is 9.74. The van der Waals surface area contributed by atoms with Gasteiger partial charge in [0, 0.05) is 11.8 Å². The van der Waals surface area contributed by atoms with E-state index < -0.39 is 9.85 Å². The molecule has 3 saturated carbocycles. The van der Waals surface area contributed by atoms with Gasteiger partial charge in [0.1, 0.15) is 5.69 Å². The van der Waals surface area contributed by atoms with Crippen molar-refractivity contribution in [2.75, 3.05) is 5.43 Å². The number of non-ortho nitro benzene ring substituents is 1. The second-order valence-corrected chi connectivity index (χ2v) is 6.56. The molecule has 0 saturated heterocycles. The SMILES string of the molecule is O=[N+]([O-])c1ccc(N/N=C2/C[C@@H]3CCCC[C@@H]2CC3)c([N+](=O)[O-])c1. The van der Waals surface area contributed by atoms with Gasteiger partial charge in [-0.05, 0) is 43.6 Å². The molecular formula is C16H20N4O4. The van der Waals surface area contributed by atoms with Crippen LogP contribution in [0.4, 0.5) is 17.1 Å². The maximum absolute atomic E-state index is 11.2. The summed E-state index contributed by atoms with van der Waals surface area (Å²) in [7, 11) is 0. The summed E-state index contributed by atoms with van der Waals surface area (Å²) < 4.78 is 0. The molecule has 8 nitrogen and oxygen atoms in total. The van der Waals surface area contributed by atoms with Gasteiger partial charge in [0.05, 0.1) is 15.9 Å². The second-order valence-electron chi connectivity index (χ2n) is 6.56. The van der Waals surface area contributed by atoms with E-state index in [9.17, 15) is 20.2 Å². The number of nitrogens with zero attached hydrogens (tertiary/aromatic N) is 3. The smallest absolute Gasteiger partial charge is 0.272 e. The van der Waals surface area contributed by atoms with Gasteiger partial charge < -0.3 is 0 Å². The van der Waals surface area contributed by atoms with Crippen LogP contribution in [0.1, 0.15) is 44.9 Å². The van der Waals surface area contributed by atoms with Crippen molar-refractivity contribution in [3.8, 4) is 0 Å². The zero-order chi connectivity index (χ0) is 17.1. The number of rotatable bonds is 4. The maximum Gasteiger partial charge on any atom is 0.301 e. The van der Waals surface area contributed by atoms with E-state index in [4.69, 9.17) is 0 Å². The van der Waals surface area contributed by atoms with Crippen LogP contribution >= 0.6 is 0 Å². The van der Waals surface area contributed by atoms with Crippen LogP contribution in [0.5, 0.6) is 0 Å². The number of hydrogen-bond acceptors (Lipinski definition) is 6. The molecule has 1 N–H and O–H groups in total. The van der Waals surface area contributed by atoms with E-state index in [0.717, 1.165) is 31.0 Å². The summed E-state index contributed by atoms with van der Waals surface area (Å²) in [4.78, 5) is 20.7. The lowest BCUT2D eigenvalue weighted by Crippen LogP contribution is -2.28. The second kappa shape index (κ2) is 6.94. The van der Waals surface area contributed by atoms with Gasteiger partial charge in [0.2, 0.25) is 0 Å². The quantitative estimate of drug-likeness (QED) is 0.654. The Morgan fingerprint density at radius 2 is 1.83 bits per heavy atom. The van der Waals surface area contributed by atoms with Crippen molar-refractivity contribution >= 4 is 22.8 Å². The van der Waals surface area contributed by atoms with Gasteiger partial charge in [-0.25, -0.2) is 0 Å². The number of fused-ring (bicyclic) bond motifs is 5. The number of benzene rings is 1. The number of hydrogen-bond donors (Lipinski definition) is 1. The number of anilines is 1. The van der Waals surface area contributed by atoms with E-state index in [0.29, 0.717) is 11.8 Å². The minimum atomic E-state index is -0.642. The molecule has 2 bridgehead atoms. The van der Waals surface area contributed by atoms with Gasteiger partial charge >= 0.3 is 5.69 Å². The Kier molecular flexibility index (Phi) is 4.73. The molecule has 3 fully saturated rings. The Morgan fingerprint density at radius 1 is 1.04 bits per heavy atom. The molecule has 128 valence electrons. The van der Waals surface area contributed by atoms with Gasteiger partial charge in [-0.2, -0.15) is 5.10 Å². The first-order valence-corrected chi connectivity index (χ1v) is 8.30. The van der Waals surface area contributed by atoms with E-state index >= 15 is 0 Å². The van der Waals surface area contributed by atoms with E-state index in [1.807, 2.05) is 0 Å². The summed E-state index contributed by atoms with van der Waals surface area (Å²) >= 11 is 0. The molecule has 0 unspecified atom stereocenters. The molecule has 0 spiro atoms. The molecule has 0 amide bonds. The summed E-state index contributed by atoms with van der Waals surface area (Å²) in [6, 6.07) is 3.56. The first kappa shape index (κ1) is 16.4. The molecule has 2 atom stereocenters. The first-order valence-electron chi connectivity index (χ1n) is 8.30. The predicted molar refractivity (Wildman–Crippen MR) is 90.1 cm³/mol. The summed E-state index contributed by atoms with van der Waals surface area (Å²) in [5, 5.41) is 26.4. The molecule has 3 aliphatic carbocycles. The van der Waals surface area contributed by atoms with Crippen LogP contribution in [-0.2, 0) is 0 Å². The van der Waals surface area contributed by atoms with E-state index in [-0.39, 0.29) is 17.1 Å². The van der Waals surface area contributed by atoms with Crippen molar-refractivity contribution in [2.24, 2.45) is 16.9 Å². The van der Waals surface area contributed by atoms with Crippen molar-refractivity contribution in [3.63, 3.8) is 0 Å². The highest BCUT2D eigenvalue weighted by Crippen LogP contribution is 2.36. The lowest BCUT2D eigenvalue weighted by Gasteiger charge is -2.33. The molecule has 0 heterocycles. The zero-order valence-corrected chi connectivity index (χ0v) is 13.3. The molecule has 3 aliphatic rings. The number of hydrazone groups is 1. The Morgan fingerprint density at radius 3 is 2.58 bits per heavy atom. The average Bonchev–Trinajstić information content (AvgIpc) is 2.53.